The van der Waals surface area contributed by atoms with Crippen LogP contribution < -0.4 is 0 Å². The number of amides is 1. The van der Waals surface area contributed by atoms with E-state index in [2.05, 4.69) is 4.74 Å². The maximum Gasteiger partial charge on any atom is 0.333 e. The number of rotatable bonds is 3. The van der Waals surface area contributed by atoms with E-state index in [-0.39, 0.29) is 29.1 Å². The average Bonchev–Trinajstić information content (AvgIpc) is 2.71. The third kappa shape index (κ3) is 3.03. The molecule has 1 atom stereocenters. The Balaban J connectivity index is 2.40. The van der Waals surface area contributed by atoms with E-state index in [9.17, 15) is 9.59 Å². The molecule has 1 aliphatic heterocycles. The van der Waals surface area contributed by atoms with Crippen LogP contribution in [0.25, 0.3) is 0 Å². The lowest BCUT2D eigenvalue weighted by atomic mass is 10.1. The van der Waals surface area contributed by atoms with E-state index in [1.165, 1.54) is 12.0 Å². The van der Waals surface area contributed by atoms with Gasteiger partial charge in [0.1, 0.15) is 4.49 Å². The number of carbonyl (C=O) groups is 2. The first-order chi connectivity index (χ1) is 9.90. The van der Waals surface area contributed by atoms with Gasteiger partial charge in [-0.05, 0) is 5.56 Å². The molecule has 0 aromatic heterocycles. The highest BCUT2D eigenvalue weighted by Gasteiger charge is 2.54. The Labute approximate surface area is 137 Å². The van der Waals surface area contributed by atoms with Gasteiger partial charge in [0.05, 0.1) is 25.8 Å². The minimum absolute atomic E-state index is 0.0632. The van der Waals surface area contributed by atoms with Crippen molar-refractivity contribution in [3.05, 3.63) is 46.1 Å². The van der Waals surface area contributed by atoms with E-state index in [0.717, 1.165) is 5.56 Å². The Morgan fingerprint density at radius 2 is 1.95 bits per heavy atom. The summed E-state index contributed by atoms with van der Waals surface area (Å²) >= 11 is 18.0. The van der Waals surface area contributed by atoms with Gasteiger partial charge in [-0.2, -0.15) is 0 Å². The predicted molar refractivity (Wildman–Crippen MR) is 80.9 cm³/mol. The summed E-state index contributed by atoms with van der Waals surface area (Å²) in [5, 5.41) is 0. The second kappa shape index (κ2) is 6.26. The predicted octanol–water partition coefficient (Wildman–Crippen LogP) is 3.22. The number of methoxy groups -OCH3 is 1. The van der Waals surface area contributed by atoms with Gasteiger partial charge in [-0.25, -0.2) is 4.79 Å². The SMILES string of the molecule is COC(=O)C1(Cl)CC(=O)N(Cc2ccccc2)C1=C(Cl)Cl. The Morgan fingerprint density at radius 1 is 1.33 bits per heavy atom. The van der Waals surface area contributed by atoms with Gasteiger partial charge in [-0.3, -0.25) is 4.79 Å². The first-order valence-corrected chi connectivity index (χ1v) is 7.21. The fraction of sp³-hybridized carbons (Fsp3) is 0.286. The summed E-state index contributed by atoms with van der Waals surface area (Å²) < 4.78 is 4.44. The quantitative estimate of drug-likeness (QED) is 0.622. The third-order valence-electron chi connectivity index (χ3n) is 3.21. The molecule has 1 aliphatic rings. The molecule has 4 nitrogen and oxygen atoms in total. The number of nitrogens with zero attached hydrogens (tertiary/aromatic N) is 1. The molecule has 0 saturated carbocycles. The number of hydrogen-bond acceptors (Lipinski definition) is 3. The summed E-state index contributed by atoms with van der Waals surface area (Å²) in [6, 6.07) is 9.24. The van der Waals surface area contributed by atoms with Crippen molar-refractivity contribution < 1.29 is 14.3 Å². The summed E-state index contributed by atoms with van der Waals surface area (Å²) in [5.41, 5.74) is 0.928. The molecule has 0 spiro atoms. The molecule has 21 heavy (non-hydrogen) atoms. The molecule has 0 bridgehead atoms. The van der Waals surface area contributed by atoms with Crippen molar-refractivity contribution >= 4 is 46.7 Å². The number of alkyl halides is 1. The third-order valence-corrected chi connectivity index (χ3v) is 4.04. The average molecular weight is 349 g/mol. The van der Waals surface area contributed by atoms with Crippen molar-refractivity contribution in [3.63, 3.8) is 0 Å². The molecule has 1 aromatic rings. The van der Waals surface area contributed by atoms with E-state index in [0.29, 0.717) is 0 Å². The zero-order valence-electron chi connectivity index (χ0n) is 11.1. The molecule has 2 rings (SSSR count). The number of likely N-dealkylation sites (tertiary alicyclic amines) is 1. The van der Waals surface area contributed by atoms with E-state index in [1.54, 1.807) is 0 Å². The van der Waals surface area contributed by atoms with Crippen LogP contribution in [0.4, 0.5) is 0 Å². The van der Waals surface area contributed by atoms with Gasteiger partial charge in [-0.15, -0.1) is 0 Å². The number of ether oxygens (including phenoxy) is 1. The maximum atomic E-state index is 12.2. The molecule has 0 N–H and O–H groups in total. The second-order valence-corrected chi connectivity index (χ2v) is 6.14. The van der Waals surface area contributed by atoms with E-state index in [4.69, 9.17) is 34.8 Å². The van der Waals surface area contributed by atoms with Crippen molar-refractivity contribution in [1.29, 1.82) is 0 Å². The molecule has 1 saturated heterocycles. The topological polar surface area (TPSA) is 46.6 Å². The molecule has 7 heteroatoms. The zero-order valence-corrected chi connectivity index (χ0v) is 13.4. The lowest BCUT2D eigenvalue weighted by Gasteiger charge is -2.24. The highest BCUT2D eigenvalue weighted by molar-refractivity contribution is 6.57. The molecule has 1 amide bonds. The first kappa shape index (κ1) is 16.1. The number of carbonyl (C=O) groups excluding carboxylic acids is 2. The second-order valence-electron chi connectivity index (χ2n) is 4.54. The smallest absolute Gasteiger partial charge is 0.333 e. The summed E-state index contributed by atoms with van der Waals surface area (Å²) in [6.45, 7) is 0.226. The molecule has 0 radical (unpaired) electrons. The summed E-state index contributed by atoms with van der Waals surface area (Å²) in [7, 11) is 1.19. The summed E-state index contributed by atoms with van der Waals surface area (Å²) in [4.78, 5) is 23.8. The highest BCUT2D eigenvalue weighted by atomic mass is 35.5. The standard InChI is InChI=1S/C14H12Cl3NO3/c1-21-13(20)14(17)7-10(19)18(11(14)12(15)16)8-9-5-3-2-4-6-9/h2-6H,7-8H2,1H3. The Bertz CT molecular complexity index is 599. The lowest BCUT2D eigenvalue weighted by molar-refractivity contribution is -0.143. The highest BCUT2D eigenvalue weighted by Crippen LogP contribution is 2.44. The van der Waals surface area contributed by atoms with Crippen molar-refractivity contribution in [2.45, 2.75) is 17.8 Å². The van der Waals surface area contributed by atoms with Crippen LogP contribution in [0.2, 0.25) is 0 Å². The van der Waals surface area contributed by atoms with Crippen molar-refractivity contribution in [1.82, 2.24) is 4.90 Å². The molecular weight excluding hydrogens is 337 g/mol. The van der Waals surface area contributed by atoms with Gasteiger partial charge in [-0.1, -0.05) is 65.1 Å². The Morgan fingerprint density at radius 3 is 2.48 bits per heavy atom. The fourth-order valence-electron chi connectivity index (χ4n) is 2.24. The van der Waals surface area contributed by atoms with Crippen LogP contribution in [0.1, 0.15) is 12.0 Å². The van der Waals surface area contributed by atoms with Crippen LogP contribution in [0.5, 0.6) is 0 Å². The van der Waals surface area contributed by atoms with Crippen LogP contribution in [-0.4, -0.2) is 28.8 Å². The van der Waals surface area contributed by atoms with Gasteiger partial charge in [0.15, 0.2) is 4.87 Å². The molecule has 1 fully saturated rings. The number of halogens is 3. The lowest BCUT2D eigenvalue weighted by Crippen LogP contribution is -2.35. The van der Waals surface area contributed by atoms with Gasteiger partial charge >= 0.3 is 5.97 Å². The van der Waals surface area contributed by atoms with E-state index < -0.39 is 10.8 Å². The first-order valence-electron chi connectivity index (χ1n) is 6.07. The Hall–Kier alpha value is -1.23. The number of hydrogen-bond donors (Lipinski definition) is 0. The monoisotopic (exact) mass is 347 g/mol. The minimum Gasteiger partial charge on any atom is -0.467 e. The fourth-order valence-corrected chi connectivity index (χ4v) is 3.25. The minimum atomic E-state index is -1.68. The molecule has 112 valence electrons. The number of benzene rings is 1. The van der Waals surface area contributed by atoms with Crippen LogP contribution in [0.15, 0.2) is 40.5 Å². The largest absolute Gasteiger partial charge is 0.467 e. The van der Waals surface area contributed by atoms with Gasteiger partial charge in [0, 0.05) is 0 Å². The van der Waals surface area contributed by atoms with Crippen LogP contribution >= 0.6 is 34.8 Å². The summed E-state index contributed by atoms with van der Waals surface area (Å²) in [5.74, 6) is -1.10. The molecular formula is C14H12Cl3NO3. The van der Waals surface area contributed by atoms with Gasteiger partial charge in [0.2, 0.25) is 5.91 Å². The molecule has 1 aromatic carbocycles. The normalized spacial score (nSPS) is 21.6. The van der Waals surface area contributed by atoms with Crippen molar-refractivity contribution in [2.24, 2.45) is 0 Å². The molecule has 0 aliphatic carbocycles. The van der Waals surface area contributed by atoms with Crippen molar-refractivity contribution in [2.75, 3.05) is 7.11 Å². The van der Waals surface area contributed by atoms with Crippen LogP contribution in [0.3, 0.4) is 0 Å². The zero-order chi connectivity index (χ0) is 15.6. The van der Waals surface area contributed by atoms with Crippen LogP contribution in [0, 0.1) is 0 Å². The van der Waals surface area contributed by atoms with Gasteiger partial charge in [0.25, 0.3) is 0 Å². The molecule has 1 heterocycles. The van der Waals surface area contributed by atoms with Gasteiger partial charge < -0.3 is 9.64 Å². The van der Waals surface area contributed by atoms with Crippen LogP contribution in [-0.2, 0) is 20.9 Å². The Kier molecular flexibility index (Phi) is 4.81. The number of esters is 1. The summed E-state index contributed by atoms with van der Waals surface area (Å²) in [6.07, 6.45) is -0.244. The van der Waals surface area contributed by atoms with E-state index >= 15 is 0 Å². The van der Waals surface area contributed by atoms with Crippen molar-refractivity contribution in [3.8, 4) is 0 Å². The maximum absolute atomic E-state index is 12.2. The van der Waals surface area contributed by atoms with E-state index in [1.807, 2.05) is 30.3 Å². The molecule has 1 unspecified atom stereocenters.